The molecular weight excluding hydrogens is 361 g/mol. The molecule has 3 aromatic rings. The van der Waals surface area contributed by atoms with Gasteiger partial charge in [-0.25, -0.2) is 4.79 Å². The number of hydrogen-bond acceptors (Lipinski definition) is 4. The van der Waals surface area contributed by atoms with Crippen LogP contribution in [0.2, 0.25) is 10.0 Å². The van der Waals surface area contributed by atoms with Gasteiger partial charge in [0.2, 0.25) is 0 Å². The van der Waals surface area contributed by atoms with E-state index in [0.29, 0.717) is 40.2 Å². The van der Waals surface area contributed by atoms with Crippen LogP contribution in [0.1, 0.15) is 16.7 Å². The molecule has 2 heterocycles. The van der Waals surface area contributed by atoms with Gasteiger partial charge in [-0.3, -0.25) is 0 Å². The van der Waals surface area contributed by atoms with Crippen molar-refractivity contribution in [3.05, 3.63) is 67.5 Å². The van der Waals surface area contributed by atoms with Gasteiger partial charge in [0.25, 0.3) is 0 Å². The number of aryl methyl sites for hydroxylation is 1. The highest BCUT2D eigenvalue weighted by atomic mass is 35.5. The van der Waals surface area contributed by atoms with Gasteiger partial charge in [-0.2, -0.15) is 0 Å². The summed E-state index contributed by atoms with van der Waals surface area (Å²) >= 11 is 12.5. The smallest absolute Gasteiger partial charge is 0.339 e. The number of halogens is 2. The summed E-state index contributed by atoms with van der Waals surface area (Å²) in [6, 6.07) is 9.33. The van der Waals surface area contributed by atoms with E-state index in [1.54, 1.807) is 13.0 Å². The first kappa shape index (κ1) is 16.3. The van der Waals surface area contributed by atoms with Crippen LogP contribution in [-0.2, 0) is 6.54 Å². The quantitative estimate of drug-likeness (QED) is 0.556. The molecule has 0 radical (unpaired) electrons. The standard InChI is InChI=1S/C19H15Cl2NO3/c1-10-11(2)19(23)25-17-14(10)7-16(21)18-15(17)8-22(9-24-18)13-5-3-4-12(20)6-13/h3-7H,8-9H2,1-2H3. The van der Waals surface area contributed by atoms with Crippen LogP contribution in [-0.4, -0.2) is 6.73 Å². The van der Waals surface area contributed by atoms with Gasteiger partial charge in [-0.1, -0.05) is 29.3 Å². The molecule has 0 atom stereocenters. The van der Waals surface area contributed by atoms with Crippen molar-refractivity contribution >= 4 is 39.9 Å². The zero-order valence-electron chi connectivity index (χ0n) is 13.7. The Morgan fingerprint density at radius 1 is 1.12 bits per heavy atom. The number of fused-ring (bicyclic) bond motifs is 3. The fourth-order valence-corrected chi connectivity index (χ4v) is 3.57. The van der Waals surface area contributed by atoms with Crippen LogP contribution in [0.15, 0.2) is 39.5 Å². The van der Waals surface area contributed by atoms with Crippen LogP contribution in [0, 0.1) is 13.8 Å². The molecule has 0 saturated carbocycles. The molecule has 25 heavy (non-hydrogen) atoms. The molecule has 0 N–H and O–H groups in total. The number of hydrogen-bond donors (Lipinski definition) is 0. The Morgan fingerprint density at radius 2 is 1.92 bits per heavy atom. The van der Waals surface area contributed by atoms with Gasteiger partial charge in [-0.15, -0.1) is 0 Å². The molecule has 0 saturated heterocycles. The molecule has 0 unspecified atom stereocenters. The van der Waals surface area contributed by atoms with Crippen LogP contribution >= 0.6 is 23.2 Å². The highest BCUT2D eigenvalue weighted by Crippen LogP contribution is 2.40. The maximum atomic E-state index is 12.1. The zero-order valence-corrected chi connectivity index (χ0v) is 15.2. The van der Waals surface area contributed by atoms with Gasteiger partial charge in [-0.05, 0) is 43.7 Å². The second-order valence-corrected chi connectivity index (χ2v) is 6.98. The summed E-state index contributed by atoms with van der Waals surface area (Å²) < 4.78 is 11.5. The summed E-state index contributed by atoms with van der Waals surface area (Å²) in [5.41, 5.74) is 3.35. The minimum Gasteiger partial charge on any atom is -0.471 e. The van der Waals surface area contributed by atoms with Gasteiger partial charge < -0.3 is 14.1 Å². The molecule has 0 aliphatic carbocycles. The number of anilines is 1. The molecule has 0 spiro atoms. The normalized spacial score (nSPS) is 13.7. The van der Waals surface area contributed by atoms with Crippen LogP contribution in [0.5, 0.6) is 5.75 Å². The Hall–Kier alpha value is -2.17. The van der Waals surface area contributed by atoms with Crippen LogP contribution in [0.4, 0.5) is 5.69 Å². The van der Waals surface area contributed by atoms with Crippen LogP contribution in [0.3, 0.4) is 0 Å². The van der Waals surface area contributed by atoms with Gasteiger partial charge in [0.15, 0.2) is 6.73 Å². The SMILES string of the molecule is Cc1c(C)c2cc(Cl)c3c(c2oc1=O)CN(c1cccc(Cl)c1)CO3. The molecule has 1 aliphatic rings. The summed E-state index contributed by atoms with van der Waals surface area (Å²) in [6.45, 7) is 4.50. The highest BCUT2D eigenvalue weighted by molar-refractivity contribution is 6.33. The zero-order chi connectivity index (χ0) is 17.7. The fraction of sp³-hybridized carbons (Fsp3) is 0.211. The largest absolute Gasteiger partial charge is 0.471 e. The minimum absolute atomic E-state index is 0.339. The average Bonchev–Trinajstić information content (AvgIpc) is 2.61. The number of nitrogens with zero attached hydrogens (tertiary/aromatic N) is 1. The van der Waals surface area contributed by atoms with Crippen molar-refractivity contribution in [1.82, 2.24) is 0 Å². The second-order valence-electron chi connectivity index (χ2n) is 6.13. The maximum Gasteiger partial charge on any atom is 0.339 e. The van der Waals surface area contributed by atoms with Gasteiger partial charge in [0.05, 0.1) is 17.1 Å². The van der Waals surface area contributed by atoms with Crippen molar-refractivity contribution in [2.45, 2.75) is 20.4 Å². The molecule has 4 rings (SSSR count). The third-order valence-electron chi connectivity index (χ3n) is 4.64. The monoisotopic (exact) mass is 375 g/mol. The van der Waals surface area contributed by atoms with Crippen molar-refractivity contribution < 1.29 is 9.15 Å². The Bertz CT molecular complexity index is 1060. The molecule has 0 amide bonds. The summed E-state index contributed by atoms with van der Waals surface area (Å²) in [5, 5.41) is 2.00. The average molecular weight is 376 g/mol. The Labute approximate surface area is 154 Å². The molecule has 0 bridgehead atoms. The van der Waals surface area contributed by atoms with E-state index in [9.17, 15) is 4.79 Å². The number of ether oxygens (including phenoxy) is 1. The minimum atomic E-state index is -0.339. The third-order valence-corrected chi connectivity index (χ3v) is 5.15. The molecule has 6 heteroatoms. The van der Waals surface area contributed by atoms with E-state index in [4.69, 9.17) is 32.4 Å². The summed E-state index contributed by atoms with van der Waals surface area (Å²) in [7, 11) is 0. The summed E-state index contributed by atoms with van der Waals surface area (Å²) in [4.78, 5) is 14.2. The summed E-state index contributed by atoms with van der Waals surface area (Å²) in [6.07, 6.45) is 0. The Morgan fingerprint density at radius 3 is 2.68 bits per heavy atom. The maximum absolute atomic E-state index is 12.1. The van der Waals surface area contributed by atoms with Crippen molar-refractivity contribution in [2.75, 3.05) is 11.6 Å². The highest BCUT2D eigenvalue weighted by Gasteiger charge is 2.25. The molecule has 0 fully saturated rings. The number of rotatable bonds is 1. The van der Waals surface area contributed by atoms with Crippen molar-refractivity contribution in [2.24, 2.45) is 0 Å². The molecule has 2 aromatic carbocycles. The van der Waals surface area contributed by atoms with Crippen molar-refractivity contribution in [1.29, 1.82) is 0 Å². The lowest BCUT2D eigenvalue weighted by Gasteiger charge is -2.31. The van der Waals surface area contributed by atoms with Crippen molar-refractivity contribution in [3.63, 3.8) is 0 Å². The lowest BCUT2D eigenvalue weighted by Crippen LogP contribution is -2.32. The van der Waals surface area contributed by atoms with Crippen molar-refractivity contribution in [3.8, 4) is 5.75 Å². The number of benzene rings is 2. The molecule has 4 nitrogen and oxygen atoms in total. The van der Waals surface area contributed by atoms with E-state index < -0.39 is 0 Å². The van der Waals surface area contributed by atoms with E-state index in [1.807, 2.05) is 36.1 Å². The second kappa shape index (κ2) is 5.97. The third kappa shape index (κ3) is 2.66. The van der Waals surface area contributed by atoms with E-state index in [2.05, 4.69) is 0 Å². The molecular formula is C19H15Cl2NO3. The first-order valence-corrected chi connectivity index (χ1v) is 8.60. The molecule has 1 aliphatic heterocycles. The van der Waals surface area contributed by atoms with E-state index in [1.165, 1.54) is 0 Å². The van der Waals surface area contributed by atoms with Gasteiger partial charge >= 0.3 is 5.63 Å². The first-order valence-electron chi connectivity index (χ1n) is 7.84. The van der Waals surface area contributed by atoms with Crippen LogP contribution in [0.25, 0.3) is 11.0 Å². The van der Waals surface area contributed by atoms with E-state index >= 15 is 0 Å². The Balaban J connectivity index is 1.91. The van der Waals surface area contributed by atoms with Gasteiger partial charge in [0, 0.05) is 21.7 Å². The predicted molar refractivity (Wildman–Crippen MR) is 100 cm³/mol. The topological polar surface area (TPSA) is 42.7 Å². The predicted octanol–water partition coefficient (Wildman–Crippen LogP) is 5.07. The lowest BCUT2D eigenvalue weighted by atomic mass is 10.0. The lowest BCUT2D eigenvalue weighted by molar-refractivity contribution is 0.289. The molecule has 128 valence electrons. The van der Waals surface area contributed by atoms with Gasteiger partial charge in [0.1, 0.15) is 11.3 Å². The summed E-state index contributed by atoms with van der Waals surface area (Å²) in [5.74, 6) is 0.568. The van der Waals surface area contributed by atoms with E-state index in [0.717, 1.165) is 22.2 Å². The fourth-order valence-electron chi connectivity index (χ4n) is 3.10. The molecule has 1 aromatic heterocycles. The van der Waals surface area contributed by atoms with E-state index in [-0.39, 0.29) is 5.63 Å². The first-order chi connectivity index (χ1) is 12.0. The van der Waals surface area contributed by atoms with Crippen LogP contribution < -0.4 is 15.3 Å². The Kier molecular flexibility index (Phi) is 3.89.